The van der Waals surface area contributed by atoms with Gasteiger partial charge in [-0.3, -0.25) is 9.59 Å². The van der Waals surface area contributed by atoms with E-state index in [4.69, 9.17) is 11.6 Å². The van der Waals surface area contributed by atoms with Crippen LogP contribution in [0.1, 0.15) is 52.9 Å². The second-order valence-corrected chi connectivity index (χ2v) is 9.80. The van der Waals surface area contributed by atoms with E-state index >= 15 is 4.39 Å². The van der Waals surface area contributed by atoms with E-state index in [-0.39, 0.29) is 29.8 Å². The van der Waals surface area contributed by atoms with Gasteiger partial charge in [0.15, 0.2) is 11.6 Å². The molecule has 3 fully saturated rings. The molecule has 3 nitrogen and oxygen atoms in total. The van der Waals surface area contributed by atoms with Crippen LogP contribution in [0.3, 0.4) is 0 Å². The van der Waals surface area contributed by atoms with Gasteiger partial charge in [0.1, 0.15) is 11.8 Å². The highest BCUT2D eigenvalue weighted by Gasteiger charge is 2.73. The molecule has 26 heavy (non-hydrogen) atoms. The van der Waals surface area contributed by atoms with Crippen molar-refractivity contribution in [2.75, 3.05) is 0 Å². The van der Waals surface area contributed by atoms with Gasteiger partial charge in [0.2, 0.25) is 0 Å². The topological polar surface area (TPSA) is 54.4 Å². The molecule has 1 N–H and O–H groups in total. The Hall–Kier alpha value is -1.000. The smallest absolute Gasteiger partial charge is 0.178 e. The molecule has 4 aliphatic carbocycles. The Morgan fingerprint density at radius 1 is 1.31 bits per heavy atom. The third kappa shape index (κ3) is 1.88. The number of carbonyl (C=O) groups excluding carboxylic acids is 2. The molecule has 4 rings (SSSR count). The Bertz CT molecular complexity index is 760. The molecule has 0 bridgehead atoms. The van der Waals surface area contributed by atoms with Crippen molar-refractivity contribution in [2.24, 2.45) is 22.7 Å². The normalized spacial score (nSPS) is 52.8. The molecule has 0 aromatic carbocycles. The van der Waals surface area contributed by atoms with Crippen LogP contribution in [0.15, 0.2) is 23.8 Å². The van der Waals surface area contributed by atoms with E-state index in [2.05, 4.69) is 0 Å². The second kappa shape index (κ2) is 5.29. The maximum atomic E-state index is 15.8. The minimum atomic E-state index is -1.48. The predicted molar refractivity (Wildman–Crippen MR) is 97.6 cm³/mol. The summed E-state index contributed by atoms with van der Waals surface area (Å²) in [6, 6.07) is 0. The molecule has 5 heteroatoms. The van der Waals surface area contributed by atoms with E-state index in [0.717, 1.165) is 5.57 Å². The summed E-state index contributed by atoms with van der Waals surface area (Å²) in [5.41, 5.74) is -2.09. The van der Waals surface area contributed by atoms with Crippen LogP contribution in [0.5, 0.6) is 0 Å². The number of alkyl halides is 2. The standard InChI is InChI=1S/C21H26ClFO3/c1-12(24)20(26)9-7-15-16-5-4-13-10-14(25)6-8-18(13,2)21(16,22)17(23)11-19(15,20)3/h6,8,10,15-17,26H,4-5,7,9,11H2,1-3H3/t15-,16-,17-,18-,19-,20-,21-/m0/s1. The van der Waals surface area contributed by atoms with Gasteiger partial charge >= 0.3 is 0 Å². The zero-order valence-electron chi connectivity index (χ0n) is 15.5. The third-order valence-electron chi connectivity index (χ3n) is 8.33. The summed E-state index contributed by atoms with van der Waals surface area (Å²) < 4.78 is 15.8. The van der Waals surface area contributed by atoms with Crippen LogP contribution in [0.25, 0.3) is 0 Å². The summed E-state index contributed by atoms with van der Waals surface area (Å²) in [4.78, 5) is 22.9. The molecule has 142 valence electrons. The van der Waals surface area contributed by atoms with E-state index in [1.165, 1.54) is 13.0 Å². The minimum absolute atomic E-state index is 0.00898. The summed E-state index contributed by atoms with van der Waals surface area (Å²) in [7, 11) is 0. The van der Waals surface area contributed by atoms with Gasteiger partial charge < -0.3 is 5.11 Å². The zero-order chi connectivity index (χ0) is 19.1. The fraction of sp³-hybridized carbons (Fsp3) is 0.714. The number of hydrogen-bond acceptors (Lipinski definition) is 3. The Labute approximate surface area is 158 Å². The molecule has 0 aliphatic heterocycles. The van der Waals surface area contributed by atoms with Crippen molar-refractivity contribution in [3.05, 3.63) is 23.8 Å². The van der Waals surface area contributed by atoms with Gasteiger partial charge in [0.25, 0.3) is 0 Å². The van der Waals surface area contributed by atoms with Crippen LogP contribution in [0.4, 0.5) is 4.39 Å². The Morgan fingerprint density at radius 2 is 2.00 bits per heavy atom. The van der Waals surface area contributed by atoms with Crippen molar-refractivity contribution in [3.8, 4) is 0 Å². The third-order valence-corrected chi connectivity index (χ3v) is 9.24. The van der Waals surface area contributed by atoms with Gasteiger partial charge in [-0.1, -0.05) is 25.5 Å². The van der Waals surface area contributed by atoms with Gasteiger partial charge in [-0.2, -0.15) is 0 Å². The summed E-state index contributed by atoms with van der Waals surface area (Å²) in [6.07, 6.45) is 6.02. The largest absolute Gasteiger partial charge is 0.382 e. The molecule has 0 spiro atoms. The highest BCUT2D eigenvalue weighted by molar-refractivity contribution is 6.26. The highest BCUT2D eigenvalue weighted by atomic mass is 35.5. The summed E-state index contributed by atoms with van der Waals surface area (Å²) >= 11 is 7.15. The molecule has 3 saturated carbocycles. The SMILES string of the molecule is CC(=O)[C@@]1(O)CC[C@H]2[C@@H]3CCC4=CC(=O)C=C[C@]4(C)[C@@]3(Cl)[C@@H](F)C[C@@]21C. The van der Waals surface area contributed by atoms with Crippen LogP contribution in [0, 0.1) is 22.7 Å². The number of carbonyl (C=O) groups is 2. The first kappa shape index (κ1) is 18.4. The summed E-state index contributed by atoms with van der Waals surface area (Å²) in [6.45, 7) is 5.20. The number of halogens is 2. The zero-order valence-corrected chi connectivity index (χ0v) is 16.3. The molecule has 0 heterocycles. The number of rotatable bonds is 1. The average molecular weight is 381 g/mol. The molecule has 4 aliphatic rings. The molecular weight excluding hydrogens is 355 g/mol. The van der Waals surface area contributed by atoms with E-state index in [1.54, 1.807) is 12.2 Å². The maximum absolute atomic E-state index is 15.8. The van der Waals surface area contributed by atoms with Gasteiger partial charge in [0.05, 0.1) is 4.87 Å². The lowest BCUT2D eigenvalue weighted by Gasteiger charge is -2.63. The molecule has 0 aromatic rings. The average Bonchev–Trinajstić information content (AvgIpc) is 2.83. The molecular formula is C21H26ClFO3. The molecule has 0 radical (unpaired) electrons. The van der Waals surface area contributed by atoms with E-state index in [0.29, 0.717) is 25.7 Å². The van der Waals surface area contributed by atoms with Gasteiger partial charge in [-0.25, -0.2) is 4.39 Å². The molecule has 7 atom stereocenters. The number of aliphatic hydroxyl groups is 1. The number of Topliss-reactive ketones (excluding diaryl/α,β-unsaturated/α-hetero) is 1. The lowest BCUT2D eigenvalue weighted by molar-refractivity contribution is -0.163. The number of fused-ring (bicyclic) bond motifs is 5. The van der Waals surface area contributed by atoms with Gasteiger partial charge in [-0.15, -0.1) is 11.6 Å². The van der Waals surface area contributed by atoms with Gasteiger partial charge in [0, 0.05) is 10.8 Å². The summed E-state index contributed by atoms with van der Waals surface area (Å²) in [5.74, 6) is -0.502. The van der Waals surface area contributed by atoms with E-state index in [1.807, 2.05) is 13.8 Å². The van der Waals surface area contributed by atoms with E-state index in [9.17, 15) is 14.7 Å². The first-order valence-electron chi connectivity index (χ1n) is 9.51. The molecule has 0 saturated heterocycles. The van der Waals surface area contributed by atoms with Gasteiger partial charge in [-0.05, 0) is 63.0 Å². The first-order valence-corrected chi connectivity index (χ1v) is 9.89. The first-order chi connectivity index (χ1) is 12.0. The van der Waals surface area contributed by atoms with Crippen molar-refractivity contribution in [2.45, 2.75) is 69.5 Å². The number of hydrogen-bond donors (Lipinski definition) is 1. The fourth-order valence-electron chi connectivity index (χ4n) is 6.73. The number of ketones is 2. The Morgan fingerprint density at radius 3 is 2.65 bits per heavy atom. The molecule has 0 aromatic heterocycles. The van der Waals surface area contributed by atoms with Crippen molar-refractivity contribution in [1.82, 2.24) is 0 Å². The lowest BCUT2D eigenvalue weighted by Crippen LogP contribution is -2.67. The van der Waals surface area contributed by atoms with Crippen molar-refractivity contribution in [1.29, 1.82) is 0 Å². The van der Waals surface area contributed by atoms with Crippen LogP contribution in [-0.4, -0.2) is 33.3 Å². The van der Waals surface area contributed by atoms with Crippen molar-refractivity contribution < 1.29 is 19.1 Å². The molecule has 0 unspecified atom stereocenters. The Kier molecular flexibility index (Phi) is 3.74. The number of allylic oxidation sites excluding steroid dienone is 4. The van der Waals surface area contributed by atoms with Crippen LogP contribution in [-0.2, 0) is 9.59 Å². The maximum Gasteiger partial charge on any atom is 0.178 e. The monoisotopic (exact) mass is 380 g/mol. The lowest BCUT2D eigenvalue weighted by atomic mass is 9.46. The van der Waals surface area contributed by atoms with Crippen LogP contribution >= 0.6 is 11.6 Å². The molecule has 0 amide bonds. The Balaban J connectivity index is 1.83. The van der Waals surface area contributed by atoms with Crippen molar-refractivity contribution in [3.63, 3.8) is 0 Å². The quantitative estimate of drug-likeness (QED) is 0.701. The van der Waals surface area contributed by atoms with Crippen LogP contribution < -0.4 is 0 Å². The van der Waals surface area contributed by atoms with Crippen molar-refractivity contribution >= 4 is 23.2 Å². The second-order valence-electron chi connectivity index (χ2n) is 9.17. The summed E-state index contributed by atoms with van der Waals surface area (Å²) in [5, 5.41) is 11.1. The highest BCUT2D eigenvalue weighted by Crippen LogP contribution is 2.71. The minimum Gasteiger partial charge on any atom is -0.382 e. The fourth-order valence-corrected chi connectivity index (χ4v) is 7.25. The van der Waals surface area contributed by atoms with E-state index < -0.39 is 27.5 Å². The predicted octanol–water partition coefficient (Wildman–Crippen LogP) is 3.92. The van der Waals surface area contributed by atoms with Crippen LogP contribution in [0.2, 0.25) is 0 Å².